The van der Waals surface area contributed by atoms with Crippen LogP contribution in [0.1, 0.15) is 6.42 Å². The Morgan fingerprint density at radius 2 is 1.78 bits per heavy atom. The predicted octanol–water partition coefficient (Wildman–Crippen LogP) is 2.40. The summed E-state index contributed by atoms with van der Waals surface area (Å²) in [4.78, 5) is -0.0901. The van der Waals surface area contributed by atoms with E-state index in [0.29, 0.717) is 6.42 Å². The molecule has 1 fully saturated rings. The molecular formula is C10H10Cl3NO3S. The molecule has 1 heterocycles. The molecule has 1 aliphatic heterocycles. The fraction of sp³-hybridized carbons (Fsp3) is 0.400. The molecule has 0 radical (unpaired) electrons. The molecule has 0 unspecified atom stereocenters. The monoisotopic (exact) mass is 329 g/mol. The van der Waals surface area contributed by atoms with Crippen molar-refractivity contribution in [2.45, 2.75) is 17.4 Å². The Balaban J connectivity index is 2.45. The summed E-state index contributed by atoms with van der Waals surface area (Å²) in [6, 6.07) is 2.52. The molecule has 1 atom stereocenters. The normalized spacial score (nSPS) is 21.4. The van der Waals surface area contributed by atoms with E-state index in [9.17, 15) is 13.5 Å². The number of aliphatic hydroxyl groups is 1. The Labute approximate surface area is 120 Å². The lowest BCUT2D eigenvalue weighted by atomic mass is 10.3. The van der Waals surface area contributed by atoms with Gasteiger partial charge in [0.05, 0.1) is 21.2 Å². The first-order valence-corrected chi connectivity index (χ1v) is 7.72. The van der Waals surface area contributed by atoms with Crippen LogP contribution in [0.2, 0.25) is 15.1 Å². The lowest BCUT2D eigenvalue weighted by molar-refractivity contribution is 0.189. The lowest BCUT2D eigenvalue weighted by Crippen LogP contribution is -2.29. The van der Waals surface area contributed by atoms with Crippen LogP contribution in [0.5, 0.6) is 0 Å². The van der Waals surface area contributed by atoms with Crippen molar-refractivity contribution in [1.29, 1.82) is 0 Å². The molecule has 0 spiro atoms. The predicted molar refractivity (Wildman–Crippen MR) is 70.9 cm³/mol. The molecule has 1 N–H and O–H groups in total. The van der Waals surface area contributed by atoms with E-state index in [1.165, 1.54) is 16.4 Å². The molecule has 8 heteroatoms. The van der Waals surface area contributed by atoms with Crippen molar-refractivity contribution < 1.29 is 13.5 Å². The van der Waals surface area contributed by atoms with Crippen molar-refractivity contribution in [2.24, 2.45) is 0 Å². The van der Waals surface area contributed by atoms with E-state index in [-0.39, 0.29) is 33.1 Å². The van der Waals surface area contributed by atoms with Crippen LogP contribution in [0.15, 0.2) is 17.0 Å². The van der Waals surface area contributed by atoms with Crippen LogP contribution < -0.4 is 0 Å². The summed E-state index contributed by atoms with van der Waals surface area (Å²) in [6.07, 6.45) is -0.223. The van der Waals surface area contributed by atoms with E-state index in [4.69, 9.17) is 34.8 Å². The second-order valence-corrected chi connectivity index (χ2v) is 7.13. The molecule has 0 amide bonds. The maximum absolute atomic E-state index is 12.3. The number of rotatable bonds is 2. The van der Waals surface area contributed by atoms with Crippen molar-refractivity contribution in [3.8, 4) is 0 Å². The van der Waals surface area contributed by atoms with E-state index >= 15 is 0 Å². The molecule has 18 heavy (non-hydrogen) atoms. The maximum atomic E-state index is 12.3. The van der Waals surface area contributed by atoms with Crippen molar-refractivity contribution in [3.63, 3.8) is 0 Å². The third-order valence-corrected chi connectivity index (χ3v) is 5.77. The number of benzene rings is 1. The van der Waals surface area contributed by atoms with Crippen molar-refractivity contribution in [1.82, 2.24) is 4.31 Å². The van der Waals surface area contributed by atoms with Gasteiger partial charge in [0.1, 0.15) is 4.90 Å². The fourth-order valence-corrected chi connectivity index (χ4v) is 4.24. The summed E-state index contributed by atoms with van der Waals surface area (Å²) in [5.74, 6) is 0. The number of sulfonamides is 1. The SMILES string of the molecule is O=S(=O)(c1cc(Cl)c(Cl)cc1Cl)N1CC[C@@H](O)C1. The second-order valence-electron chi connectivity index (χ2n) is 4.00. The molecule has 0 aromatic heterocycles. The molecule has 1 aromatic carbocycles. The summed E-state index contributed by atoms with van der Waals surface area (Å²) >= 11 is 17.4. The van der Waals surface area contributed by atoms with Crippen molar-refractivity contribution in [2.75, 3.05) is 13.1 Å². The highest BCUT2D eigenvalue weighted by atomic mass is 35.5. The van der Waals surface area contributed by atoms with Gasteiger partial charge in [-0.05, 0) is 18.6 Å². The largest absolute Gasteiger partial charge is 0.392 e. The third kappa shape index (κ3) is 2.61. The number of halogens is 3. The Hall–Kier alpha value is -0.0400. The minimum absolute atomic E-state index is 0.0192. The quantitative estimate of drug-likeness (QED) is 0.847. The first kappa shape index (κ1) is 14.4. The first-order valence-electron chi connectivity index (χ1n) is 5.15. The molecule has 1 aromatic rings. The number of aliphatic hydroxyl groups excluding tert-OH is 1. The van der Waals surface area contributed by atoms with Crippen molar-refractivity contribution >= 4 is 44.8 Å². The van der Waals surface area contributed by atoms with Crippen molar-refractivity contribution in [3.05, 3.63) is 27.2 Å². The van der Waals surface area contributed by atoms with Gasteiger partial charge in [-0.1, -0.05) is 34.8 Å². The molecule has 0 saturated carbocycles. The zero-order valence-electron chi connectivity index (χ0n) is 9.11. The molecule has 4 nitrogen and oxygen atoms in total. The van der Waals surface area contributed by atoms with Gasteiger partial charge < -0.3 is 5.11 Å². The topological polar surface area (TPSA) is 57.6 Å². The van der Waals surface area contributed by atoms with Gasteiger partial charge in [-0.15, -0.1) is 0 Å². The van der Waals surface area contributed by atoms with Crippen LogP contribution in [0.4, 0.5) is 0 Å². The number of nitrogens with zero attached hydrogens (tertiary/aromatic N) is 1. The third-order valence-electron chi connectivity index (χ3n) is 2.72. The van der Waals surface area contributed by atoms with Crippen LogP contribution in [0, 0.1) is 0 Å². The summed E-state index contributed by atoms with van der Waals surface area (Å²) in [7, 11) is -3.74. The van der Waals surface area contributed by atoms with Gasteiger partial charge in [0.2, 0.25) is 10.0 Å². The summed E-state index contributed by atoms with van der Waals surface area (Å²) < 4.78 is 25.8. The molecule has 2 rings (SSSR count). The lowest BCUT2D eigenvalue weighted by Gasteiger charge is -2.17. The zero-order chi connectivity index (χ0) is 13.5. The molecule has 100 valence electrons. The van der Waals surface area contributed by atoms with Gasteiger partial charge in [0, 0.05) is 13.1 Å². The van der Waals surface area contributed by atoms with Crippen LogP contribution >= 0.6 is 34.8 Å². The fourth-order valence-electron chi connectivity index (χ4n) is 1.77. The van der Waals surface area contributed by atoms with Gasteiger partial charge in [-0.25, -0.2) is 8.42 Å². The minimum Gasteiger partial charge on any atom is -0.392 e. The summed E-state index contributed by atoms with van der Waals surface area (Å²) in [5, 5.41) is 9.73. The Bertz CT molecular complexity index is 576. The average molecular weight is 331 g/mol. The van der Waals surface area contributed by atoms with Crippen LogP contribution in [-0.2, 0) is 10.0 Å². The van der Waals surface area contributed by atoms with E-state index in [2.05, 4.69) is 0 Å². The highest BCUT2D eigenvalue weighted by Crippen LogP contribution is 2.34. The smallest absolute Gasteiger partial charge is 0.244 e. The highest BCUT2D eigenvalue weighted by molar-refractivity contribution is 7.89. The van der Waals surface area contributed by atoms with Crippen LogP contribution in [-0.4, -0.2) is 37.0 Å². The van der Waals surface area contributed by atoms with E-state index in [1.54, 1.807) is 0 Å². The molecule has 0 aliphatic carbocycles. The number of β-amino-alcohol motifs (C(OH)–C–C–N with tert-alkyl or cyclic N) is 1. The van der Waals surface area contributed by atoms with Gasteiger partial charge in [-0.2, -0.15) is 4.31 Å². The molecular weight excluding hydrogens is 321 g/mol. The van der Waals surface area contributed by atoms with E-state index in [1.807, 2.05) is 0 Å². The van der Waals surface area contributed by atoms with E-state index in [0.717, 1.165) is 0 Å². The Kier molecular flexibility index (Phi) is 4.11. The van der Waals surface area contributed by atoms with Crippen LogP contribution in [0.3, 0.4) is 0 Å². The molecule has 1 aliphatic rings. The van der Waals surface area contributed by atoms with Crippen LogP contribution in [0.25, 0.3) is 0 Å². The number of hydrogen-bond acceptors (Lipinski definition) is 3. The second kappa shape index (κ2) is 5.15. The Morgan fingerprint density at radius 3 is 2.33 bits per heavy atom. The highest BCUT2D eigenvalue weighted by Gasteiger charge is 2.33. The standard InChI is InChI=1S/C10H10Cl3NO3S/c11-7-3-9(13)10(4-8(7)12)18(16,17)14-2-1-6(15)5-14/h3-4,6,15H,1-2,5H2/t6-/m1/s1. The molecule has 0 bridgehead atoms. The van der Waals surface area contributed by atoms with Gasteiger partial charge in [0.15, 0.2) is 0 Å². The Morgan fingerprint density at radius 1 is 1.17 bits per heavy atom. The van der Waals surface area contributed by atoms with Gasteiger partial charge in [0.25, 0.3) is 0 Å². The minimum atomic E-state index is -3.74. The van der Waals surface area contributed by atoms with Gasteiger partial charge in [-0.3, -0.25) is 0 Å². The average Bonchev–Trinajstić information content (AvgIpc) is 2.70. The maximum Gasteiger partial charge on any atom is 0.244 e. The molecule has 1 saturated heterocycles. The van der Waals surface area contributed by atoms with E-state index < -0.39 is 16.1 Å². The van der Waals surface area contributed by atoms with Gasteiger partial charge >= 0.3 is 0 Å². The summed E-state index contributed by atoms with van der Waals surface area (Å²) in [6.45, 7) is 0.332. The number of hydrogen-bond donors (Lipinski definition) is 1. The summed E-state index contributed by atoms with van der Waals surface area (Å²) in [5.41, 5.74) is 0. The first-order chi connectivity index (χ1) is 8.32. The zero-order valence-corrected chi connectivity index (χ0v) is 12.2.